The fourth-order valence-corrected chi connectivity index (χ4v) is 2.46. The Morgan fingerprint density at radius 2 is 2.31 bits per heavy atom. The van der Waals surface area contributed by atoms with Gasteiger partial charge in [0.1, 0.15) is 6.07 Å². The van der Waals surface area contributed by atoms with Gasteiger partial charge in [0.05, 0.1) is 5.56 Å². The van der Waals surface area contributed by atoms with Crippen LogP contribution < -0.4 is 5.32 Å². The van der Waals surface area contributed by atoms with Crippen molar-refractivity contribution in [3.8, 4) is 6.07 Å². The summed E-state index contributed by atoms with van der Waals surface area (Å²) in [6, 6.07) is 8.28. The van der Waals surface area contributed by atoms with Gasteiger partial charge in [-0.25, -0.2) is 0 Å². The Bertz CT molecular complexity index is 387. The van der Waals surface area contributed by atoms with Gasteiger partial charge in [0.25, 0.3) is 0 Å². The van der Waals surface area contributed by atoms with Crippen LogP contribution in [0.25, 0.3) is 0 Å². The standard InChI is InChI=1S/C12H15BrN2S/c1-3-16-8-9(2)15-11-5-4-10(7-14)12(13)6-11/h4-6,9,15H,3,8H2,1-2H3. The Kier molecular flexibility index (Phi) is 5.72. The topological polar surface area (TPSA) is 35.8 Å². The molecule has 0 radical (unpaired) electrons. The van der Waals surface area contributed by atoms with E-state index in [4.69, 9.17) is 5.26 Å². The molecule has 0 aliphatic heterocycles. The van der Waals surface area contributed by atoms with Crippen molar-refractivity contribution >= 4 is 33.4 Å². The van der Waals surface area contributed by atoms with E-state index in [0.29, 0.717) is 11.6 Å². The smallest absolute Gasteiger partial charge is 0.100 e. The van der Waals surface area contributed by atoms with Crippen LogP contribution in [-0.4, -0.2) is 17.5 Å². The molecule has 86 valence electrons. The Hall–Kier alpha value is -0.660. The summed E-state index contributed by atoms with van der Waals surface area (Å²) in [6.07, 6.45) is 0. The Labute approximate surface area is 110 Å². The molecule has 0 saturated carbocycles. The largest absolute Gasteiger partial charge is 0.382 e. The lowest BCUT2D eigenvalue weighted by Gasteiger charge is -2.14. The number of nitriles is 1. The molecule has 1 rings (SSSR count). The van der Waals surface area contributed by atoms with Crippen LogP contribution in [0.5, 0.6) is 0 Å². The zero-order valence-electron chi connectivity index (χ0n) is 9.46. The minimum Gasteiger partial charge on any atom is -0.382 e. The van der Waals surface area contributed by atoms with E-state index in [0.717, 1.165) is 21.7 Å². The molecule has 0 aromatic heterocycles. The van der Waals surface area contributed by atoms with Gasteiger partial charge in [0, 0.05) is 22.0 Å². The summed E-state index contributed by atoms with van der Waals surface area (Å²) in [4.78, 5) is 0. The lowest BCUT2D eigenvalue weighted by atomic mass is 10.2. The molecule has 0 heterocycles. The third-order valence-electron chi connectivity index (χ3n) is 2.07. The second-order valence-electron chi connectivity index (χ2n) is 3.51. The van der Waals surface area contributed by atoms with Gasteiger partial charge in [-0.05, 0) is 46.8 Å². The molecule has 0 bridgehead atoms. The van der Waals surface area contributed by atoms with Crippen molar-refractivity contribution in [3.05, 3.63) is 28.2 Å². The van der Waals surface area contributed by atoms with Crippen molar-refractivity contribution in [2.45, 2.75) is 19.9 Å². The molecule has 1 N–H and O–H groups in total. The number of benzene rings is 1. The highest BCUT2D eigenvalue weighted by molar-refractivity contribution is 9.10. The SMILES string of the molecule is CCSCC(C)Nc1ccc(C#N)c(Br)c1. The van der Waals surface area contributed by atoms with E-state index < -0.39 is 0 Å². The van der Waals surface area contributed by atoms with Crippen LogP contribution in [0.2, 0.25) is 0 Å². The zero-order chi connectivity index (χ0) is 12.0. The number of nitrogens with zero attached hydrogens (tertiary/aromatic N) is 1. The van der Waals surface area contributed by atoms with Crippen LogP contribution in [0.4, 0.5) is 5.69 Å². The average molecular weight is 299 g/mol. The monoisotopic (exact) mass is 298 g/mol. The summed E-state index contributed by atoms with van der Waals surface area (Å²) in [7, 11) is 0. The Balaban J connectivity index is 2.61. The molecule has 1 aromatic rings. The zero-order valence-corrected chi connectivity index (χ0v) is 11.9. The van der Waals surface area contributed by atoms with E-state index in [1.807, 2.05) is 30.0 Å². The highest BCUT2D eigenvalue weighted by Crippen LogP contribution is 2.21. The molecule has 0 amide bonds. The van der Waals surface area contributed by atoms with Crippen LogP contribution in [0.15, 0.2) is 22.7 Å². The maximum Gasteiger partial charge on any atom is 0.100 e. The van der Waals surface area contributed by atoms with Gasteiger partial charge in [-0.1, -0.05) is 6.92 Å². The van der Waals surface area contributed by atoms with Crippen molar-refractivity contribution in [2.75, 3.05) is 16.8 Å². The molecule has 0 saturated heterocycles. The second kappa shape index (κ2) is 6.82. The Morgan fingerprint density at radius 1 is 1.56 bits per heavy atom. The van der Waals surface area contributed by atoms with Crippen LogP contribution in [0.1, 0.15) is 19.4 Å². The summed E-state index contributed by atoms with van der Waals surface area (Å²) in [6.45, 7) is 4.32. The molecule has 0 fully saturated rings. The number of hydrogen-bond donors (Lipinski definition) is 1. The van der Waals surface area contributed by atoms with E-state index in [9.17, 15) is 0 Å². The van der Waals surface area contributed by atoms with E-state index >= 15 is 0 Å². The number of halogens is 1. The van der Waals surface area contributed by atoms with Gasteiger partial charge >= 0.3 is 0 Å². The number of hydrogen-bond acceptors (Lipinski definition) is 3. The molecule has 1 unspecified atom stereocenters. The predicted molar refractivity (Wildman–Crippen MR) is 74.9 cm³/mol. The van der Waals surface area contributed by atoms with Crippen molar-refractivity contribution < 1.29 is 0 Å². The molecular weight excluding hydrogens is 284 g/mol. The molecule has 16 heavy (non-hydrogen) atoms. The van der Waals surface area contributed by atoms with Crippen LogP contribution in [0.3, 0.4) is 0 Å². The van der Waals surface area contributed by atoms with E-state index in [-0.39, 0.29) is 0 Å². The maximum absolute atomic E-state index is 8.80. The van der Waals surface area contributed by atoms with Gasteiger partial charge in [-0.3, -0.25) is 0 Å². The molecule has 1 aromatic carbocycles. The molecule has 1 atom stereocenters. The minimum atomic E-state index is 0.435. The first-order chi connectivity index (χ1) is 7.67. The Morgan fingerprint density at radius 3 is 2.88 bits per heavy atom. The summed E-state index contributed by atoms with van der Waals surface area (Å²) in [5, 5.41) is 12.2. The first-order valence-electron chi connectivity index (χ1n) is 5.21. The third-order valence-corrected chi connectivity index (χ3v) is 3.87. The van der Waals surface area contributed by atoms with Gasteiger partial charge in [0.2, 0.25) is 0 Å². The normalized spacial score (nSPS) is 11.9. The summed E-state index contributed by atoms with van der Waals surface area (Å²) >= 11 is 5.30. The van der Waals surface area contributed by atoms with Gasteiger partial charge in [-0.2, -0.15) is 17.0 Å². The van der Waals surface area contributed by atoms with Crippen molar-refractivity contribution in [3.63, 3.8) is 0 Å². The highest BCUT2D eigenvalue weighted by Gasteiger charge is 2.04. The van der Waals surface area contributed by atoms with Crippen molar-refractivity contribution in [1.29, 1.82) is 5.26 Å². The molecule has 0 aliphatic carbocycles. The maximum atomic E-state index is 8.80. The van der Waals surface area contributed by atoms with Crippen LogP contribution in [-0.2, 0) is 0 Å². The first kappa shape index (κ1) is 13.4. The molecule has 0 aliphatic rings. The van der Waals surface area contributed by atoms with Gasteiger partial charge in [0.15, 0.2) is 0 Å². The number of thioether (sulfide) groups is 1. The number of anilines is 1. The average Bonchev–Trinajstić information content (AvgIpc) is 2.26. The van der Waals surface area contributed by atoms with Crippen molar-refractivity contribution in [1.82, 2.24) is 0 Å². The van der Waals surface area contributed by atoms with E-state index in [2.05, 4.69) is 41.2 Å². The van der Waals surface area contributed by atoms with Gasteiger partial charge < -0.3 is 5.32 Å². The van der Waals surface area contributed by atoms with Crippen molar-refractivity contribution in [2.24, 2.45) is 0 Å². The van der Waals surface area contributed by atoms with E-state index in [1.165, 1.54) is 0 Å². The summed E-state index contributed by atoms with van der Waals surface area (Å²) in [5.41, 5.74) is 1.72. The summed E-state index contributed by atoms with van der Waals surface area (Å²) < 4.78 is 0.843. The first-order valence-corrected chi connectivity index (χ1v) is 7.16. The summed E-state index contributed by atoms with van der Waals surface area (Å²) in [5.74, 6) is 2.23. The molecule has 2 nitrogen and oxygen atoms in total. The van der Waals surface area contributed by atoms with Crippen LogP contribution in [0, 0.1) is 11.3 Å². The molecule has 4 heteroatoms. The number of rotatable bonds is 5. The lowest BCUT2D eigenvalue weighted by Crippen LogP contribution is -2.17. The third kappa shape index (κ3) is 4.07. The quantitative estimate of drug-likeness (QED) is 0.896. The fraction of sp³-hybridized carbons (Fsp3) is 0.417. The van der Waals surface area contributed by atoms with Gasteiger partial charge in [-0.15, -0.1) is 0 Å². The second-order valence-corrected chi connectivity index (χ2v) is 5.68. The minimum absolute atomic E-state index is 0.435. The number of nitrogens with one attached hydrogen (secondary N) is 1. The van der Waals surface area contributed by atoms with Crippen LogP contribution >= 0.6 is 27.7 Å². The highest BCUT2D eigenvalue weighted by atomic mass is 79.9. The molecular formula is C12H15BrN2S. The fourth-order valence-electron chi connectivity index (χ4n) is 1.32. The predicted octanol–water partition coefficient (Wildman–Crippen LogP) is 3.87. The van der Waals surface area contributed by atoms with E-state index in [1.54, 1.807) is 0 Å². The lowest BCUT2D eigenvalue weighted by molar-refractivity contribution is 0.913. The molecule has 0 spiro atoms.